The highest BCUT2D eigenvalue weighted by Gasteiger charge is 2.10. The molecule has 132 valence electrons. The van der Waals surface area contributed by atoms with E-state index in [4.69, 9.17) is 4.42 Å². The van der Waals surface area contributed by atoms with Gasteiger partial charge in [-0.15, -0.1) is 0 Å². The van der Waals surface area contributed by atoms with Gasteiger partial charge in [0.25, 0.3) is 5.56 Å². The van der Waals surface area contributed by atoms with Gasteiger partial charge in [0.15, 0.2) is 0 Å². The van der Waals surface area contributed by atoms with Gasteiger partial charge in [-0.2, -0.15) is 0 Å². The predicted molar refractivity (Wildman–Crippen MR) is 99.0 cm³/mol. The van der Waals surface area contributed by atoms with Crippen molar-refractivity contribution in [1.29, 1.82) is 0 Å². The fourth-order valence-corrected chi connectivity index (χ4v) is 3.22. The lowest BCUT2D eigenvalue weighted by Gasteiger charge is -2.12. The highest BCUT2D eigenvalue weighted by atomic mass is 16.3. The minimum atomic E-state index is -0.0532. The van der Waals surface area contributed by atoms with E-state index in [1.54, 1.807) is 16.9 Å². The summed E-state index contributed by atoms with van der Waals surface area (Å²) in [6.07, 6.45) is 4.42. The standard InChI is InChI=1S/C20H19N3O3/c24-19(21-14-15-6-5-13-26-15)10-4-12-23-17-8-2-1-7-16(17)22-11-3-9-18(22)20(23)25/h1-3,5-9,11,13H,4,10,12,14H2,(H,21,24). The van der Waals surface area contributed by atoms with E-state index in [2.05, 4.69) is 5.32 Å². The Hall–Kier alpha value is -3.28. The average molecular weight is 349 g/mol. The number of nitrogens with zero attached hydrogens (tertiary/aromatic N) is 2. The number of nitrogens with one attached hydrogen (secondary N) is 1. The van der Waals surface area contributed by atoms with Crippen LogP contribution < -0.4 is 10.9 Å². The van der Waals surface area contributed by atoms with Crippen LogP contribution in [-0.2, 0) is 17.9 Å². The molecule has 3 aromatic heterocycles. The molecule has 0 radical (unpaired) electrons. The second-order valence-corrected chi connectivity index (χ2v) is 6.17. The Labute approximate surface area is 149 Å². The van der Waals surface area contributed by atoms with Gasteiger partial charge in [-0.3, -0.25) is 9.59 Å². The molecule has 0 aliphatic heterocycles. The maximum absolute atomic E-state index is 12.8. The van der Waals surface area contributed by atoms with Crippen LogP contribution in [0.2, 0.25) is 0 Å². The maximum atomic E-state index is 12.8. The Morgan fingerprint density at radius 3 is 2.62 bits per heavy atom. The number of hydrogen-bond acceptors (Lipinski definition) is 3. The van der Waals surface area contributed by atoms with Crippen LogP contribution in [0.25, 0.3) is 16.6 Å². The van der Waals surface area contributed by atoms with Crippen molar-refractivity contribution in [3.63, 3.8) is 0 Å². The molecule has 0 atom stereocenters. The van der Waals surface area contributed by atoms with Crippen molar-refractivity contribution in [3.8, 4) is 0 Å². The molecule has 0 unspecified atom stereocenters. The lowest BCUT2D eigenvalue weighted by Crippen LogP contribution is -2.25. The van der Waals surface area contributed by atoms with Crippen LogP contribution in [-0.4, -0.2) is 14.9 Å². The third-order valence-electron chi connectivity index (χ3n) is 4.47. The topological polar surface area (TPSA) is 68.7 Å². The molecule has 26 heavy (non-hydrogen) atoms. The van der Waals surface area contributed by atoms with Gasteiger partial charge in [-0.05, 0) is 42.8 Å². The number of benzene rings is 1. The maximum Gasteiger partial charge on any atom is 0.275 e. The zero-order valence-corrected chi connectivity index (χ0v) is 14.2. The fraction of sp³-hybridized carbons (Fsp3) is 0.200. The number of carbonyl (C=O) groups is 1. The normalized spacial score (nSPS) is 11.2. The lowest BCUT2D eigenvalue weighted by molar-refractivity contribution is -0.121. The molecule has 1 N–H and O–H groups in total. The first-order chi connectivity index (χ1) is 12.7. The van der Waals surface area contributed by atoms with E-state index in [9.17, 15) is 9.59 Å². The first kappa shape index (κ1) is 16.2. The van der Waals surface area contributed by atoms with Crippen molar-refractivity contribution in [2.75, 3.05) is 0 Å². The van der Waals surface area contributed by atoms with Crippen molar-refractivity contribution >= 4 is 22.5 Å². The van der Waals surface area contributed by atoms with Gasteiger partial charge in [0, 0.05) is 19.2 Å². The van der Waals surface area contributed by atoms with E-state index in [-0.39, 0.29) is 11.5 Å². The summed E-state index contributed by atoms with van der Waals surface area (Å²) in [6.45, 7) is 0.875. The van der Waals surface area contributed by atoms with Gasteiger partial charge in [-0.25, -0.2) is 0 Å². The number of rotatable bonds is 6. The minimum absolute atomic E-state index is 0.0373. The van der Waals surface area contributed by atoms with Crippen molar-refractivity contribution in [2.24, 2.45) is 0 Å². The first-order valence-corrected chi connectivity index (χ1v) is 8.62. The van der Waals surface area contributed by atoms with Crippen LogP contribution in [0.15, 0.2) is 70.2 Å². The van der Waals surface area contributed by atoms with E-state index in [1.807, 2.05) is 53.1 Å². The summed E-state index contributed by atoms with van der Waals surface area (Å²) in [6, 6.07) is 15.1. The largest absolute Gasteiger partial charge is 0.467 e. The van der Waals surface area contributed by atoms with Crippen LogP contribution >= 0.6 is 0 Å². The van der Waals surface area contributed by atoms with Crippen molar-refractivity contribution in [3.05, 3.63) is 77.1 Å². The number of hydrogen-bond donors (Lipinski definition) is 1. The zero-order valence-electron chi connectivity index (χ0n) is 14.2. The predicted octanol–water partition coefficient (Wildman–Crippen LogP) is 2.94. The number of fused-ring (bicyclic) bond motifs is 3. The molecule has 1 amide bonds. The summed E-state index contributed by atoms with van der Waals surface area (Å²) < 4.78 is 8.85. The third kappa shape index (κ3) is 3.01. The molecule has 0 saturated heterocycles. The molecule has 0 bridgehead atoms. The van der Waals surface area contributed by atoms with Gasteiger partial charge >= 0.3 is 0 Å². The molecule has 3 heterocycles. The van der Waals surface area contributed by atoms with Crippen LogP contribution in [0.3, 0.4) is 0 Å². The van der Waals surface area contributed by atoms with Crippen molar-refractivity contribution < 1.29 is 9.21 Å². The number of furan rings is 1. The molecule has 0 aliphatic carbocycles. The molecule has 1 aromatic carbocycles. The Balaban J connectivity index is 1.49. The van der Waals surface area contributed by atoms with Crippen LogP contribution in [0.4, 0.5) is 0 Å². The quantitative estimate of drug-likeness (QED) is 0.582. The lowest BCUT2D eigenvalue weighted by atomic mass is 10.2. The van der Waals surface area contributed by atoms with E-state index in [0.717, 1.165) is 16.8 Å². The van der Waals surface area contributed by atoms with E-state index < -0.39 is 0 Å². The average Bonchev–Trinajstić information content (AvgIpc) is 3.34. The fourth-order valence-electron chi connectivity index (χ4n) is 3.22. The van der Waals surface area contributed by atoms with Gasteiger partial charge in [-0.1, -0.05) is 12.1 Å². The van der Waals surface area contributed by atoms with Crippen LogP contribution in [0.1, 0.15) is 18.6 Å². The molecular weight excluding hydrogens is 330 g/mol. The molecule has 0 saturated carbocycles. The second-order valence-electron chi connectivity index (χ2n) is 6.17. The number of aromatic nitrogens is 2. The molecular formula is C20H19N3O3. The SMILES string of the molecule is O=C(CCCn1c(=O)c2cccn2c2ccccc21)NCc1ccco1. The highest BCUT2D eigenvalue weighted by Crippen LogP contribution is 2.15. The Morgan fingerprint density at radius 2 is 1.81 bits per heavy atom. The van der Waals surface area contributed by atoms with E-state index in [1.165, 1.54) is 0 Å². The van der Waals surface area contributed by atoms with Gasteiger partial charge in [0.1, 0.15) is 11.3 Å². The summed E-state index contributed by atoms with van der Waals surface area (Å²) in [4.78, 5) is 24.8. The summed E-state index contributed by atoms with van der Waals surface area (Å²) >= 11 is 0. The molecule has 6 nitrogen and oxygen atoms in total. The van der Waals surface area contributed by atoms with Gasteiger partial charge in [0.05, 0.1) is 23.8 Å². The Morgan fingerprint density at radius 1 is 1.00 bits per heavy atom. The van der Waals surface area contributed by atoms with E-state index in [0.29, 0.717) is 31.4 Å². The summed E-state index contributed by atoms with van der Waals surface area (Å²) in [7, 11) is 0. The summed E-state index contributed by atoms with van der Waals surface area (Å²) in [5.74, 6) is 0.668. The van der Waals surface area contributed by atoms with Gasteiger partial charge in [0.2, 0.25) is 5.91 Å². The molecule has 0 aliphatic rings. The summed E-state index contributed by atoms with van der Waals surface area (Å²) in [5, 5.41) is 2.82. The number of amides is 1. The molecule has 0 spiro atoms. The van der Waals surface area contributed by atoms with Crippen molar-refractivity contribution in [1.82, 2.24) is 14.3 Å². The van der Waals surface area contributed by atoms with Crippen molar-refractivity contribution in [2.45, 2.75) is 25.9 Å². The number of carbonyl (C=O) groups excluding carboxylic acids is 1. The minimum Gasteiger partial charge on any atom is -0.467 e. The zero-order chi connectivity index (χ0) is 17.9. The molecule has 4 rings (SSSR count). The Kier molecular flexibility index (Phi) is 4.31. The van der Waals surface area contributed by atoms with Crippen LogP contribution in [0.5, 0.6) is 0 Å². The number of aryl methyl sites for hydroxylation is 1. The number of para-hydroxylation sites is 2. The second kappa shape index (κ2) is 6.92. The third-order valence-corrected chi connectivity index (χ3v) is 4.47. The molecule has 6 heteroatoms. The molecule has 0 fully saturated rings. The first-order valence-electron chi connectivity index (χ1n) is 8.62. The Bertz CT molecular complexity index is 1110. The highest BCUT2D eigenvalue weighted by molar-refractivity contribution is 5.79. The smallest absolute Gasteiger partial charge is 0.275 e. The van der Waals surface area contributed by atoms with Crippen LogP contribution in [0, 0.1) is 0 Å². The van der Waals surface area contributed by atoms with Gasteiger partial charge < -0.3 is 18.7 Å². The summed E-state index contributed by atoms with van der Waals surface area (Å²) in [5.41, 5.74) is 2.46. The van der Waals surface area contributed by atoms with E-state index >= 15 is 0 Å². The monoisotopic (exact) mass is 349 g/mol. The molecule has 4 aromatic rings.